The maximum absolute atomic E-state index is 12.8. The molecule has 0 unspecified atom stereocenters. The molecule has 3 heterocycles. The van der Waals surface area contributed by atoms with E-state index >= 15 is 0 Å². The predicted molar refractivity (Wildman–Crippen MR) is 100 cm³/mol. The van der Waals surface area contributed by atoms with Crippen LogP contribution >= 0.6 is 11.3 Å². The second-order valence-corrected chi connectivity index (χ2v) is 7.26. The van der Waals surface area contributed by atoms with E-state index in [4.69, 9.17) is 4.98 Å². The van der Waals surface area contributed by atoms with E-state index in [-0.39, 0.29) is 5.56 Å². The maximum atomic E-state index is 12.8. The first kappa shape index (κ1) is 15.4. The van der Waals surface area contributed by atoms with Crippen molar-refractivity contribution in [1.29, 1.82) is 0 Å². The average molecular weight is 340 g/mol. The van der Waals surface area contributed by atoms with Gasteiger partial charge in [0.1, 0.15) is 4.83 Å². The fraction of sp³-hybridized carbons (Fsp3) is 0.333. The summed E-state index contributed by atoms with van der Waals surface area (Å²) in [6.07, 6.45) is 1.06. The molecule has 1 aromatic carbocycles. The molecule has 2 aromatic heterocycles. The number of aromatic nitrogens is 2. The van der Waals surface area contributed by atoms with E-state index in [1.165, 1.54) is 0 Å². The summed E-state index contributed by atoms with van der Waals surface area (Å²) < 4.78 is 0. The lowest BCUT2D eigenvalue weighted by atomic mass is 10.0. The van der Waals surface area contributed by atoms with Gasteiger partial charge in [-0.25, -0.2) is 4.98 Å². The molecule has 1 saturated heterocycles. The van der Waals surface area contributed by atoms with Crippen molar-refractivity contribution in [2.75, 3.05) is 31.1 Å². The Morgan fingerprint density at radius 1 is 1.17 bits per heavy atom. The normalized spacial score (nSPS) is 15.6. The van der Waals surface area contributed by atoms with Crippen LogP contribution in [0.15, 0.2) is 35.1 Å². The molecule has 0 amide bonds. The van der Waals surface area contributed by atoms with Gasteiger partial charge in [-0.3, -0.25) is 9.78 Å². The SMILES string of the molecule is Cc1sc2nc(N3CCCNCC3)[nH]c(=O)c2c1-c1ccccc1. The molecule has 0 atom stereocenters. The first-order valence-corrected chi connectivity index (χ1v) is 9.10. The topological polar surface area (TPSA) is 61.0 Å². The van der Waals surface area contributed by atoms with Crippen LogP contribution in [0.1, 0.15) is 11.3 Å². The molecule has 0 spiro atoms. The van der Waals surface area contributed by atoms with Crippen LogP contribution in [-0.2, 0) is 0 Å². The van der Waals surface area contributed by atoms with E-state index in [0.717, 1.165) is 53.4 Å². The Hall–Kier alpha value is -2.18. The van der Waals surface area contributed by atoms with Gasteiger partial charge in [-0.2, -0.15) is 0 Å². The van der Waals surface area contributed by atoms with E-state index < -0.39 is 0 Å². The number of aryl methyl sites for hydroxylation is 1. The van der Waals surface area contributed by atoms with Crippen LogP contribution in [0.4, 0.5) is 5.95 Å². The van der Waals surface area contributed by atoms with Crippen molar-refractivity contribution in [3.8, 4) is 11.1 Å². The second kappa shape index (κ2) is 6.37. The van der Waals surface area contributed by atoms with Crippen LogP contribution in [0.2, 0.25) is 0 Å². The Balaban J connectivity index is 1.85. The van der Waals surface area contributed by atoms with Crippen molar-refractivity contribution in [2.45, 2.75) is 13.3 Å². The Labute approximate surface area is 144 Å². The largest absolute Gasteiger partial charge is 0.341 e. The Kier molecular flexibility index (Phi) is 4.08. The smallest absolute Gasteiger partial charge is 0.261 e. The number of hydrogen-bond donors (Lipinski definition) is 2. The van der Waals surface area contributed by atoms with E-state index in [1.807, 2.05) is 30.3 Å². The quantitative estimate of drug-likeness (QED) is 0.753. The van der Waals surface area contributed by atoms with Crippen molar-refractivity contribution in [1.82, 2.24) is 15.3 Å². The predicted octanol–water partition coefficient (Wildman–Crippen LogP) is 2.76. The van der Waals surface area contributed by atoms with Gasteiger partial charge in [0, 0.05) is 30.1 Å². The number of anilines is 1. The standard InChI is InChI=1S/C18H20N4OS/c1-12-14(13-6-3-2-4-7-13)15-16(23)20-18(21-17(15)24-12)22-10-5-8-19-9-11-22/h2-4,6-7,19H,5,8-11H2,1H3,(H,20,21,23). The highest BCUT2D eigenvalue weighted by molar-refractivity contribution is 7.19. The van der Waals surface area contributed by atoms with Gasteiger partial charge in [-0.05, 0) is 25.5 Å². The van der Waals surface area contributed by atoms with E-state index in [9.17, 15) is 4.79 Å². The summed E-state index contributed by atoms with van der Waals surface area (Å²) in [6.45, 7) is 5.77. The van der Waals surface area contributed by atoms with Gasteiger partial charge < -0.3 is 10.2 Å². The minimum absolute atomic E-state index is 0.0459. The fourth-order valence-corrected chi connectivity index (χ4v) is 4.31. The van der Waals surface area contributed by atoms with Crippen molar-refractivity contribution in [2.24, 2.45) is 0 Å². The molecule has 24 heavy (non-hydrogen) atoms. The molecule has 0 bridgehead atoms. The Morgan fingerprint density at radius 2 is 2.00 bits per heavy atom. The minimum atomic E-state index is -0.0459. The average Bonchev–Trinajstić information content (AvgIpc) is 2.76. The zero-order valence-electron chi connectivity index (χ0n) is 13.6. The van der Waals surface area contributed by atoms with Gasteiger partial charge in [0.2, 0.25) is 5.95 Å². The third-order valence-corrected chi connectivity index (χ3v) is 5.43. The van der Waals surface area contributed by atoms with Crippen LogP contribution in [0, 0.1) is 6.92 Å². The highest BCUT2D eigenvalue weighted by Gasteiger charge is 2.19. The molecule has 0 radical (unpaired) electrons. The summed E-state index contributed by atoms with van der Waals surface area (Å²) in [6, 6.07) is 10.1. The summed E-state index contributed by atoms with van der Waals surface area (Å²) in [5.41, 5.74) is 2.03. The lowest BCUT2D eigenvalue weighted by Crippen LogP contribution is -2.31. The molecular weight excluding hydrogens is 320 g/mol. The zero-order valence-corrected chi connectivity index (χ0v) is 14.4. The monoisotopic (exact) mass is 340 g/mol. The van der Waals surface area contributed by atoms with Crippen molar-refractivity contribution >= 4 is 27.5 Å². The van der Waals surface area contributed by atoms with Gasteiger partial charge in [0.05, 0.1) is 5.39 Å². The molecule has 5 nitrogen and oxygen atoms in total. The number of benzene rings is 1. The van der Waals surface area contributed by atoms with Crippen molar-refractivity contribution in [3.63, 3.8) is 0 Å². The van der Waals surface area contributed by atoms with E-state index in [0.29, 0.717) is 11.3 Å². The van der Waals surface area contributed by atoms with Crippen molar-refractivity contribution in [3.05, 3.63) is 45.6 Å². The summed E-state index contributed by atoms with van der Waals surface area (Å²) in [5.74, 6) is 0.692. The van der Waals surface area contributed by atoms with Crippen LogP contribution in [0.3, 0.4) is 0 Å². The molecule has 2 N–H and O–H groups in total. The first-order valence-electron chi connectivity index (χ1n) is 8.28. The highest BCUT2D eigenvalue weighted by atomic mass is 32.1. The lowest BCUT2D eigenvalue weighted by Gasteiger charge is -2.20. The number of H-pyrrole nitrogens is 1. The van der Waals surface area contributed by atoms with Crippen LogP contribution in [-0.4, -0.2) is 36.1 Å². The Morgan fingerprint density at radius 3 is 2.83 bits per heavy atom. The van der Waals surface area contributed by atoms with Crippen molar-refractivity contribution < 1.29 is 0 Å². The van der Waals surface area contributed by atoms with Crippen LogP contribution < -0.4 is 15.8 Å². The second-order valence-electron chi connectivity index (χ2n) is 6.06. The summed E-state index contributed by atoms with van der Waals surface area (Å²) in [5, 5.41) is 4.08. The maximum Gasteiger partial charge on any atom is 0.261 e. The molecule has 1 fully saturated rings. The molecule has 0 aliphatic carbocycles. The molecule has 3 aromatic rings. The molecule has 124 valence electrons. The van der Waals surface area contributed by atoms with Gasteiger partial charge in [0.25, 0.3) is 5.56 Å². The third-order valence-electron chi connectivity index (χ3n) is 4.43. The van der Waals surface area contributed by atoms with Crippen LogP contribution in [0.25, 0.3) is 21.3 Å². The zero-order chi connectivity index (χ0) is 16.5. The molecule has 6 heteroatoms. The molecule has 4 rings (SSSR count). The fourth-order valence-electron chi connectivity index (χ4n) is 3.27. The number of hydrogen-bond acceptors (Lipinski definition) is 5. The molecule has 0 saturated carbocycles. The number of nitrogens with one attached hydrogen (secondary N) is 2. The van der Waals surface area contributed by atoms with Gasteiger partial charge in [-0.1, -0.05) is 30.3 Å². The van der Waals surface area contributed by atoms with Gasteiger partial charge >= 0.3 is 0 Å². The summed E-state index contributed by atoms with van der Waals surface area (Å²) >= 11 is 1.60. The number of fused-ring (bicyclic) bond motifs is 1. The number of thiophene rings is 1. The molecule has 1 aliphatic heterocycles. The first-order chi connectivity index (χ1) is 11.7. The third kappa shape index (κ3) is 2.72. The highest BCUT2D eigenvalue weighted by Crippen LogP contribution is 2.35. The van der Waals surface area contributed by atoms with Gasteiger partial charge in [-0.15, -0.1) is 11.3 Å². The number of nitrogens with zero attached hydrogens (tertiary/aromatic N) is 2. The van der Waals surface area contributed by atoms with Crippen LogP contribution in [0.5, 0.6) is 0 Å². The number of aromatic amines is 1. The molecular formula is C18H20N4OS. The number of rotatable bonds is 2. The van der Waals surface area contributed by atoms with Gasteiger partial charge in [0.15, 0.2) is 0 Å². The summed E-state index contributed by atoms with van der Waals surface area (Å²) in [4.78, 5) is 24.7. The minimum Gasteiger partial charge on any atom is -0.341 e. The lowest BCUT2D eigenvalue weighted by molar-refractivity contribution is 0.724. The molecule has 1 aliphatic rings. The Bertz CT molecular complexity index is 908. The van der Waals surface area contributed by atoms with E-state index in [2.05, 4.69) is 22.1 Å². The summed E-state index contributed by atoms with van der Waals surface area (Å²) in [7, 11) is 0. The van der Waals surface area contributed by atoms with E-state index in [1.54, 1.807) is 11.3 Å².